The van der Waals surface area contributed by atoms with Gasteiger partial charge in [0.15, 0.2) is 0 Å². The standard InChI is InChI=1S/C12H9F2NO2S/c1-5-9(15)11(12(16)17)18-10(5)6-2-7(13)4-8(14)3-6/h2-4H,15H2,1H3,(H,16,17). The van der Waals surface area contributed by atoms with Crippen molar-refractivity contribution >= 4 is 23.0 Å². The lowest BCUT2D eigenvalue weighted by Gasteiger charge is -2.01. The van der Waals surface area contributed by atoms with Gasteiger partial charge in [0.1, 0.15) is 16.5 Å². The van der Waals surface area contributed by atoms with Gasteiger partial charge in [-0.3, -0.25) is 0 Å². The van der Waals surface area contributed by atoms with E-state index in [1.807, 2.05) is 0 Å². The number of carboxylic acids is 1. The van der Waals surface area contributed by atoms with Gasteiger partial charge in [0.05, 0.1) is 5.69 Å². The Labute approximate surface area is 105 Å². The number of rotatable bonds is 2. The molecule has 3 N–H and O–H groups in total. The van der Waals surface area contributed by atoms with E-state index in [1.54, 1.807) is 6.92 Å². The minimum Gasteiger partial charge on any atom is -0.477 e. The third-order valence-electron chi connectivity index (χ3n) is 2.51. The first-order valence-corrected chi connectivity index (χ1v) is 5.80. The molecule has 1 aromatic heterocycles. The minimum absolute atomic E-state index is 0.0211. The lowest BCUT2D eigenvalue weighted by molar-refractivity contribution is 0.0703. The van der Waals surface area contributed by atoms with Crippen LogP contribution in [0.3, 0.4) is 0 Å². The Balaban J connectivity index is 2.64. The molecular formula is C12H9F2NO2S. The predicted octanol–water partition coefficient (Wildman–Crippen LogP) is 3.28. The van der Waals surface area contributed by atoms with Gasteiger partial charge in [-0.25, -0.2) is 13.6 Å². The molecule has 94 valence electrons. The van der Waals surface area contributed by atoms with E-state index < -0.39 is 17.6 Å². The summed E-state index contributed by atoms with van der Waals surface area (Å²) in [6.45, 7) is 1.62. The fourth-order valence-corrected chi connectivity index (χ4v) is 2.70. The van der Waals surface area contributed by atoms with Crippen LogP contribution in [-0.4, -0.2) is 11.1 Å². The summed E-state index contributed by atoms with van der Waals surface area (Å²) < 4.78 is 26.3. The van der Waals surface area contributed by atoms with Gasteiger partial charge in [-0.2, -0.15) is 0 Å². The minimum atomic E-state index is -1.15. The Hall–Kier alpha value is -1.95. The van der Waals surface area contributed by atoms with Gasteiger partial charge in [-0.1, -0.05) is 0 Å². The number of thiophene rings is 1. The SMILES string of the molecule is Cc1c(-c2cc(F)cc(F)c2)sc(C(=O)O)c1N. The molecule has 0 aliphatic rings. The summed E-state index contributed by atoms with van der Waals surface area (Å²) in [5, 5.41) is 8.94. The molecule has 0 atom stereocenters. The van der Waals surface area contributed by atoms with E-state index in [4.69, 9.17) is 10.8 Å². The second-order valence-corrected chi connectivity index (χ2v) is 4.78. The highest BCUT2D eigenvalue weighted by Crippen LogP contribution is 2.38. The van der Waals surface area contributed by atoms with Crippen LogP contribution in [0.1, 0.15) is 15.2 Å². The average Bonchev–Trinajstić information content (AvgIpc) is 2.55. The van der Waals surface area contributed by atoms with Gasteiger partial charge in [-0.15, -0.1) is 11.3 Å². The maximum absolute atomic E-state index is 13.1. The molecule has 1 aromatic carbocycles. The first-order chi connectivity index (χ1) is 8.40. The molecule has 2 rings (SSSR count). The van der Waals surface area contributed by atoms with Crippen molar-refractivity contribution in [1.29, 1.82) is 0 Å². The van der Waals surface area contributed by atoms with Gasteiger partial charge in [-0.05, 0) is 30.2 Å². The second kappa shape index (κ2) is 4.38. The molecule has 0 unspecified atom stereocenters. The van der Waals surface area contributed by atoms with Crippen molar-refractivity contribution < 1.29 is 18.7 Å². The van der Waals surface area contributed by atoms with Crippen LogP contribution in [0.2, 0.25) is 0 Å². The summed E-state index contributed by atoms with van der Waals surface area (Å²) in [5.41, 5.74) is 6.59. The number of nitrogens with two attached hydrogens (primary N) is 1. The number of carbonyl (C=O) groups is 1. The molecule has 0 spiro atoms. The normalized spacial score (nSPS) is 10.6. The van der Waals surface area contributed by atoms with E-state index >= 15 is 0 Å². The number of anilines is 1. The monoisotopic (exact) mass is 269 g/mol. The molecule has 2 aromatic rings. The third kappa shape index (κ3) is 2.06. The molecule has 0 saturated carbocycles. The quantitative estimate of drug-likeness (QED) is 0.879. The molecule has 0 radical (unpaired) electrons. The summed E-state index contributed by atoms with van der Waals surface area (Å²) in [6.07, 6.45) is 0. The van der Waals surface area contributed by atoms with Gasteiger partial charge in [0.25, 0.3) is 0 Å². The van der Waals surface area contributed by atoms with Crippen molar-refractivity contribution in [3.63, 3.8) is 0 Å². The van der Waals surface area contributed by atoms with Crippen LogP contribution in [0.4, 0.5) is 14.5 Å². The second-order valence-electron chi connectivity index (χ2n) is 3.76. The fraction of sp³-hybridized carbons (Fsp3) is 0.0833. The summed E-state index contributed by atoms with van der Waals surface area (Å²) in [6, 6.07) is 3.05. The molecular weight excluding hydrogens is 260 g/mol. The molecule has 0 fully saturated rings. The van der Waals surface area contributed by atoms with Crippen LogP contribution in [0.5, 0.6) is 0 Å². The Morgan fingerprint density at radius 1 is 1.28 bits per heavy atom. The maximum atomic E-state index is 13.1. The topological polar surface area (TPSA) is 63.3 Å². The average molecular weight is 269 g/mol. The zero-order chi connectivity index (χ0) is 13.4. The van der Waals surface area contributed by atoms with Crippen molar-refractivity contribution in [2.45, 2.75) is 6.92 Å². The number of nitrogen functional groups attached to an aromatic ring is 1. The summed E-state index contributed by atoms with van der Waals surface area (Å²) >= 11 is 0.907. The molecule has 0 saturated heterocycles. The number of hydrogen-bond donors (Lipinski definition) is 2. The first kappa shape index (κ1) is 12.5. The van der Waals surface area contributed by atoms with E-state index in [0.717, 1.165) is 29.5 Å². The molecule has 0 aliphatic heterocycles. The van der Waals surface area contributed by atoms with Crippen LogP contribution < -0.4 is 5.73 Å². The Bertz CT molecular complexity index is 617. The van der Waals surface area contributed by atoms with Crippen molar-refractivity contribution in [3.05, 3.63) is 40.3 Å². The number of aromatic carboxylic acids is 1. The molecule has 18 heavy (non-hydrogen) atoms. The van der Waals surface area contributed by atoms with Crippen molar-refractivity contribution in [2.75, 3.05) is 5.73 Å². The third-order valence-corrected chi connectivity index (χ3v) is 3.86. The molecule has 1 heterocycles. The molecule has 0 amide bonds. The Morgan fingerprint density at radius 2 is 1.83 bits per heavy atom. The predicted molar refractivity (Wildman–Crippen MR) is 65.8 cm³/mol. The van der Waals surface area contributed by atoms with Crippen LogP contribution >= 0.6 is 11.3 Å². The van der Waals surface area contributed by atoms with Gasteiger partial charge in [0, 0.05) is 10.9 Å². The largest absolute Gasteiger partial charge is 0.477 e. The molecule has 3 nitrogen and oxygen atoms in total. The Kier molecular flexibility index (Phi) is 3.04. The van der Waals surface area contributed by atoms with E-state index in [-0.39, 0.29) is 16.1 Å². The zero-order valence-electron chi connectivity index (χ0n) is 9.33. The maximum Gasteiger partial charge on any atom is 0.348 e. The number of benzene rings is 1. The lowest BCUT2D eigenvalue weighted by Crippen LogP contribution is -1.97. The molecule has 0 aliphatic carbocycles. The van der Waals surface area contributed by atoms with Crippen molar-refractivity contribution in [3.8, 4) is 10.4 Å². The number of hydrogen-bond acceptors (Lipinski definition) is 3. The van der Waals surface area contributed by atoms with E-state index in [0.29, 0.717) is 10.4 Å². The van der Waals surface area contributed by atoms with E-state index in [9.17, 15) is 13.6 Å². The highest BCUT2D eigenvalue weighted by atomic mass is 32.1. The summed E-state index contributed by atoms with van der Waals surface area (Å²) in [7, 11) is 0. The van der Waals surface area contributed by atoms with Crippen molar-refractivity contribution in [1.82, 2.24) is 0 Å². The highest BCUT2D eigenvalue weighted by molar-refractivity contribution is 7.18. The summed E-state index contributed by atoms with van der Waals surface area (Å²) in [4.78, 5) is 11.4. The van der Waals surface area contributed by atoms with Crippen LogP contribution in [0.25, 0.3) is 10.4 Å². The lowest BCUT2D eigenvalue weighted by atomic mass is 10.1. The van der Waals surface area contributed by atoms with Gasteiger partial charge >= 0.3 is 5.97 Å². The number of halogens is 2. The van der Waals surface area contributed by atoms with Gasteiger partial charge < -0.3 is 10.8 Å². The zero-order valence-corrected chi connectivity index (χ0v) is 10.1. The van der Waals surface area contributed by atoms with Crippen molar-refractivity contribution in [2.24, 2.45) is 0 Å². The van der Waals surface area contributed by atoms with Crippen LogP contribution in [0.15, 0.2) is 18.2 Å². The highest BCUT2D eigenvalue weighted by Gasteiger charge is 2.19. The van der Waals surface area contributed by atoms with Gasteiger partial charge in [0.2, 0.25) is 0 Å². The summed E-state index contributed by atoms with van der Waals surface area (Å²) in [5.74, 6) is -2.58. The Morgan fingerprint density at radius 3 is 2.28 bits per heavy atom. The van der Waals surface area contributed by atoms with Crippen LogP contribution in [-0.2, 0) is 0 Å². The molecule has 6 heteroatoms. The number of carboxylic acid groups (broad SMARTS) is 1. The van der Waals surface area contributed by atoms with E-state index in [2.05, 4.69) is 0 Å². The first-order valence-electron chi connectivity index (χ1n) is 4.98. The van der Waals surface area contributed by atoms with Crippen LogP contribution in [0, 0.1) is 18.6 Å². The van der Waals surface area contributed by atoms with E-state index in [1.165, 1.54) is 0 Å². The molecule has 0 bridgehead atoms. The fourth-order valence-electron chi connectivity index (χ4n) is 1.65. The smallest absolute Gasteiger partial charge is 0.348 e.